The SMILES string of the molecule is CCC(Oc1ccc(-c2ccccc2)cc1)C(=O)Oc1cccc(C(=O)OCCOc2ccccc2)c1. The molecule has 1 unspecified atom stereocenters. The molecule has 0 saturated heterocycles. The van der Waals surface area contributed by atoms with E-state index in [1.54, 1.807) is 18.2 Å². The minimum atomic E-state index is -0.798. The van der Waals surface area contributed by atoms with Crippen molar-refractivity contribution in [3.63, 3.8) is 0 Å². The van der Waals surface area contributed by atoms with Crippen molar-refractivity contribution >= 4 is 11.9 Å². The molecular formula is C31H28O6. The lowest BCUT2D eigenvalue weighted by atomic mass is 10.1. The fourth-order valence-corrected chi connectivity index (χ4v) is 3.58. The molecule has 6 heteroatoms. The largest absolute Gasteiger partial charge is 0.490 e. The standard InChI is InChI=1S/C31H28O6/c1-2-29(36-27-18-16-24(17-19-27)23-10-5-3-6-11-23)31(33)37-28-15-9-12-25(22-28)30(32)35-21-20-34-26-13-7-4-8-14-26/h3-19,22,29H,2,20-21H2,1H3. The van der Waals surface area contributed by atoms with Gasteiger partial charge < -0.3 is 18.9 Å². The number of hydrogen-bond acceptors (Lipinski definition) is 6. The van der Waals surface area contributed by atoms with Gasteiger partial charge in [-0.15, -0.1) is 0 Å². The monoisotopic (exact) mass is 496 g/mol. The molecule has 0 fully saturated rings. The summed E-state index contributed by atoms with van der Waals surface area (Å²) in [6, 6.07) is 33.1. The van der Waals surface area contributed by atoms with Gasteiger partial charge in [0.2, 0.25) is 0 Å². The lowest BCUT2D eigenvalue weighted by molar-refractivity contribution is -0.142. The van der Waals surface area contributed by atoms with Gasteiger partial charge in [0.25, 0.3) is 0 Å². The molecule has 0 bridgehead atoms. The van der Waals surface area contributed by atoms with Gasteiger partial charge in [0.15, 0.2) is 6.10 Å². The van der Waals surface area contributed by atoms with Crippen LogP contribution in [0.3, 0.4) is 0 Å². The van der Waals surface area contributed by atoms with E-state index in [2.05, 4.69) is 0 Å². The summed E-state index contributed by atoms with van der Waals surface area (Å²) < 4.78 is 22.2. The summed E-state index contributed by atoms with van der Waals surface area (Å²) >= 11 is 0. The van der Waals surface area contributed by atoms with Crippen molar-refractivity contribution in [1.29, 1.82) is 0 Å². The number of esters is 2. The number of rotatable bonds is 11. The molecule has 0 aliphatic carbocycles. The van der Waals surface area contributed by atoms with Gasteiger partial charge in [0, 0.05) is 0 Å². The Labute approximate surface area is 216 Å². The second-order valence-electron chi connectivity index (χ2n) is 8.15. The van der Waals surface area contributed by atoms with Gasteiger partial charge in [-0.2, -0.15) is 0 Å². The molecule has 4 rings (SSSR count). The highest BCUT2D eigenvalue weighted by Crippen LogP contribution is 2.24. The normalized spacial score (nSPS) is 11.3. The molecule has 0 heterocycles. The summed E-state index contributed by atoms with van der Waals surface area (Å²) in [7, 11) is 0. The Kier molecular flexibility index (Phi) is 8.92. The van der Waals surface area contributed by atoms with Crippen LogP contribution in [0.2, 0.25) is 0 Å². The molecule has 0 radical (unpaired) electrons. The van der Waals surface area contributed by atoms with Gasteiger partial charge in [-0.25, -0.2) is 9.59 Å². The summed E-state index contributed by atoms with van der Waals surface area (Å²) in [5.41, 5.74) is 2.43. The maximum Gasteiger partial charge on any atom is 0.352 e. The van der Waals surface area contributed by atoms with Gasteiger partial charge in [-0.3, -0.25) is 0 Å². The smallest absolute Gasteiger partial charge is 0.352 e. The molecule has 188 valence electrons. The van der Waals surface area contributed by atoms with Crippen molar-refractivity contribution in [2.75, 3.05) is 13.2 Å². The van der Waals surface area contributed by atoms with Crippen LogP contribution in [-0.2, 0) is 9.53 Å². The molecular weight excluding hydrogens is 468 g/mol. The van der Waals surface area contributed by atoms with Crippen molar-refractivity contribution < 1.29 is 28.5 Å². The summed E-state index contributed by atoms with van der Waals surface area (Å²) in [6.45, 7) is 2.16. The molecule has 0 spiro atoms. The maximum atomic E-state index is 12.8. The lowest BCUT2D eigenvalue weighted by Gasteiger charge is -2.17. The summed E-state index contributed by atoms with van der Waals surface area (Å²) in [5.74, 6) is 0.431. The molecule has 1 atom stereocenters. The van der Waals surface area contributed by atoms with Crippen LogP contribution in [0.5, 0.6) is 17.2 Å². The third-order valence-corrected chi connectivity index (χ3v) is 5.49. The predicted octanol–water partition coefficient (Wildman–Crippen LogP) is 6.35. The van der Waals surface area contributed by atoms with Crippen LogP contribution in [0, 0.1) is 0 Å². The predicted molar refractivity (Wildman–Crippen MR) is 141 cm³/mol. The van der Waals surface area contributed by atoms with Crippen LogP contribution in [0.1, 0.15) is 23.7 Å². The first-order chi connectivity index (χ1) is 18.1. The number of carbonyl (C=O) groups excluding carboxylic acids is 2. The zero-order chi connectivity index (χ0) is 25.9. The first-order valence-electron chi connectivity index (χ1n) is 12.1. The van der Waals surface area contributed by atoms with E-state index in [0.717, 1.165) is 11.1 Å². The highest BCUT2D eigenvalue weighted by atomic mass is 16.6. The molecule has 4 aromatic rings. The zero-order valence-electron chi connectivity index (χ0n) is 20.5. The second kappa shape index (κ2) is 12.9. The highest BCUT2D eigenvalue weighted by Gasteiger charge is 2.21. The van der Waals surface area contributed by atoms with Crippen LogP contribution >= 0.6 is 0 Å². The van der Waals surface area contributed by atoms with Crippen molar-refractivity contribution in [1.82, 2.24) is 0 Å². The molecule has 0 aromatic heterocycles. The molecule has 37 heavy (non-hydrogen) atoms. The summed E-state index contributed by atoms with van der Waals surface area (Å²) in [5, 5.41) is 0. The average Bonchev–Trinajstić information content (AvgIpc) is 2.95. The molecule has 0 N–H and O–H groups in total. The maximum absolute atomic E-state index is 12.8. The van der Waals surface area contributed by atoms with Gasteiger partial charge >= 0.3 is 11.9 Å². The fraction of sp³-hybridized carbons (Fsp3) is 0.161. The third kappa shape index (κ3) is 7.45. The number of benzene rings is 4. The number of para-hydroxylation sites is 1. The molecule has 0 saturated carbocycles. The summed E-state index contributed by atoms with van der Waals surface area (Å²) in [6.07, 6.45) is -0.379. The number of hydrogen-bond donors (Lipinski definition) is 0. The van der Waals surface area contributed by atoms with E-state index in [9.17, 15) is 9.59 Å². The van der Waals surface area contributed by atoms with Gasteiger partial charge in [0.05, 0.1) is 5.56 Å². The van der Waals surface area contributed by atoms with Gasteiger partial charge in [-0.1, -0.05) is 73.7 Å². The average molecular weight is 497 g/mol. The van der Waals surface area contributed by atoms with E-state index in [4.69, 9.17) is 18.9 Å². The van der Waals surface area contributed by atoms with Crippen LogP contribution in [0.4, 0.5) is 0 Å². The molecule has 0 aliphatic heterocycles. The number of carbonyl (C=O) groups is 2. The Morgan fingerprint density at radius 3 is 2.03 bits per heavy atom. The zero-order valence-corrected chi connectivity index (χ0v) is 20.5. The van der Waals surface area contributed by atoms with E-state index >= 15 is 0 Å². The molecule has 4 aromatic carbocycles. The van der Waals surface area contributed by atoms with Crippen molar-refractivity contribution in [2.45, 2.75) is 19.4 Å². The van der Waals surface area contributed by atoms with Crippen molar-refractivity contribution in [3.05, 3.63) is 115 Å². The van der Waals surface area contributed by atoms with E-state index in [0.29, 0.717) is 17.9 Å². The van der Waals surface area contributed by atoms with Crippen LogP contribution in [0.15, 0.2) is 109 Å². The third-order valence-electron chi connectivity index (χ3n) is 5.49. The molecule has 0 amide bonds. The van der Waals surface area contributed by atoms with E-state index in [1.165, 1.54) is 6.07 Å². The van der Waals surface area contributed by atoms with Gasteiger partial charge in [0.1, 0.15) is 30.5 Å². The molecule has 6 nitrogen and oxygen atoms in total. The van der Waals surface area contributed by atoms with Crippen molar-refractivity contribution in [3.8, 4) is 28.4 Å². The number of ether oxygens (including phenoxy) is 4. The first kappa shape index (κ1) is 25.5. The lowest BCUT2D eigenvalue weighted by Crippen LogP contribution is -2.30. The Bertz CT molecular complexity index is 1290. The Morgan fingerprint density at radius 1 is 0.676 bits per heavy atom. The first-order valence-corrected chi connectivity index (χ1v) is 12.1. The highest BCUT2D eigenvalue weighted by molar-refractivity contribution is 5.90. The van der Waals surface area contributed by atoms with Crippen molar-refractivity contribution in [2.24, 2.45) is 0 Å². The minimum absolute atomic E-state index is 0.0898. The van der Waals surface area contributed by atoms with E-state index in [-0.39, 0.29) is 24.5 Å². The Morgan fingerprint density at radius 2 is 1.32 bits per heavy atom. The topological polar surface area (TPSA) is 71.1 Å². The van der Waals surface area contributed by atoms with Crippen LogP contribution in [0.25, 0.3) is 11.1 Å². The van der Waals surface area contributed by atoms with E-state index in [1.807, 2.05) is 91.9 Å². The fourth-order valence-electron chi connectivity index (χ4n) is 3.58. The second-order valence-corrected chi connectivity index (χ2v) is 8.15. The minimum Gasteiger partial charge on any atom is -0.490 e. The summed E-state index contributed by atoms with van der Waals surface area (Å²) in [4.78, 5) is 25.2. The Balaban J connectivity index is 1.29. The quantitative estimate of drug-likeness (QED) is 0.137. The Hall–Kier alpha value is -4.58. The van der Waals surface area contributed by atoms with Crippen LogP contribution in [-0.4, -0.2) is 31.3 Å². The van der Waals surface area contributed by atoms with Crippen LogP contribution < -0.4 is 14.2 Å². The van der Waals surface area contributed by atoms with E-state index < -0.39 is 18.0 Å². The van der Waals surface area contributed by atoms with Gasteiger partial charge in [-0.05, 0) is 60.0 Å². The molecule has 0 aliphatic rings.